The molecule has 1 aliphatic rings. The zero-order chi connectivity index (χ0) is 12.9. The van der Waals surface area contributed by atoms with Crippen LogP contribution >= 0.6 is 0 Å². The van der Waals surface area contributed by atoms with Crippen LogP contribution in [0, 0.1) is 0 Å². The molecule has 0 heteroatoms. The van der Waals surface area contributed by atoms with Crippen molar-refractivity contribution in [3.63, 3.8) is 0 Å². The lowest BCUT2D eigenvalue weighted by atomic mass is 9.96. The second-order valence-corrected chi connectivity index (χ2v) is 4.69. The Kier molecular flexibility index (Phi) is 3.42. The van der Waals surface area contributed by atoms with Gasteiger partial charge in [0.25, 0.3) is 0 Å². The van der Waals surface area contributed by atoms with Crippen LogP contribution in [0.3, 0.4) is 0 Å². The molecule has 19 heavy (non-hydrogen) atoms. The van der Waals surface area contributed by atoms with Crippen molar-refractivity contribution in [2.24, 2.45) is 0 Å². The van der Waals surface area contributed by atoms with Crippen LogP contribution in [0.2, 0.25) is 0 Å². The largest absolute Gasteiger partial charge is 0.0723 e. The summed E-state index contributed by atoms with van der Waals surface area (Å²) in [5.74, 6) is 0. The Bertz CT molecular complexity index is 628. The smallest absolute Gasteiger partial charge is 0.00880 e. The molecule has 0 heterocycles. The average Bonchev–Trinajstić information content (AvgIpc) is 2.50. The Hall–Kier alpha value is -2.34. The van der Waals surface area contributed by atoms with E-state index in [1.54, 1.807) is 0 Å². The van der Waals surface area contributed by atoms with Crippen LogP contribution in [-0.4, -0.2) is 0 Å². The van der Waals surface area contributed by atoms with Crippen LogP contribution < -0.4 is 0 Å². The molecule has 92 valence electrons. The van der Waals surface area contributed by atoms with Gasteiger partial charge in [0.05, 0.1) is 0 Å². The number of rotatable bonds is 2. The first kappa shape index (κ1) is 11.7. The predicted molar refractivity (Wildman–Crippen MR) is 82.6 cm³/mol. The van der Waals surface area contributed by atoms with Crippen LogP contribution in [0.25, 0.3) is 11.6 Å². The maximum Gasteiger partial charge on any atom is -0.00880 e. The molecular formula is C19H16. The third-order valence-corrected chi connectivity index (χ3v) is 3.29. The van der Waals surface area contributed by atoms with Crippen molar-refractivity contribution in [2.75, 3.05) is 0 Å². The van der Waals surface area contributed by atoms with Gasteiger partial charge < -0.3 is 0 Å². The summed E-state index contributed by atoms with van der Waals surface area (Å²) < 4.78 is 0. The van der Waals surface area contributed by atoms with Crippen LogP contribution in [-0.2, 0) is 0 Å². The van der Waals surface area contributed by atoms with Crippen molar-refractivity contribution >= 4 is 11.6 Å². The first-order chi connectivity index (χ1) is 9.42. The predicted octanol–water partition coefficient (Wildman–Crippen LogP) is 5.11. The topological polar surface area (TPSA) is 0 Å². The van der Waals surface area contributed by atoms with Crippen molar-refractivity contribution in [1.82, 2.24) is 0 Å². The minimum Gasteiger partial charge on any atom is -0.0723 e. The number of hydrogen-bond donors (Lipinski definition) is 0. The Balaban J connectivity index is 1.78. The van der Waals surface area contributed by atoms with Crippen LogP contribution in [0.1, 0.15) is 17.5 Å². The van der Waals surface area contributed by atoms with Gasteiger partial charge in [0.2, 0.25) is 0 Å². The third kappa shape index (κ3) is 2.92. The first-order valence-electron chi connectivity index (χ1n) is 6.61. The lowest BCUT2D eigenvalue weighted by Gasteiger charge is -2.09. The molecule has 0 N–H and O–H groups in total. The summed E-state index contributed by atoms with van der Waals surface area (Å²) in [5, 5.41) is 0. The van der Waals surface area contributed by atoms with E-state index in [4.69, 9.17) is 0 Å². The SMILES string of the molecule is C1=CC(c2ccccc2)=CCC1=Cc1ccccc1. The Morgan fingerprint density at radius 2 is 1.42 bits per heavy atom. The fraction of sp³-hybridized carbons (Fsp3) is 0.0526. The van der Waals surface area contributed by atoms with Crippen LogP contribution in [0.5, 0.6) is 0 Å². The van der Waals surface area contributed by atoms with E-state index in [2.05, 4.69) is 78.9 Å². The maximum absolute atomic E-state index is 2.30. The van der Waals surface area contributed by atoms with E-state index in [1.165, 1.54) is 22.3 Å². The van der Waals surface area contributed by atoms with Gasteiger partial charge in [0, 0.05) is 0 Å². The van der Waals surface area contributed by atoms with Crippen LogP contribution in [0.4, 0.5) is 0 Å². The van der Waals surface area contributed by atoms with Crippen molar-refractivity contribution in [1.29, 1.82) is 0 Å². The summed E-state index contributed by atoms with van der Waals surface area (Å²) in [6.45, 7) is 0. The molecule has 0 unspecified atom stereocenters. The average molecular weight is 244 g/mol. The van der Waals surface area contributed by atoms with E-state index in [1.807, 2.05) is 6.07 Å². The van der Waals surface area contributed by atoms with Gasteiger partial charge in [-0.1, -0.05) is 85.0 Å². The summed E-state index contributed by atoms with van der Waals surface area (Å²) >= 11 is 0. The van der Waals surface area contributed by atoms with E-state index in [0.29, 0.717) is 0 Å². The minimum absolute atomic E-state index is 0.996. The molecule has 0 spiro atoms. The molecule has 0 aliphatic heterocycles. The molecule has 2 aromatic rings. The van der Waals surface area contributed by atoms with E-state index in [9.17, 15) is 0 Å². The fourth-order valence-electron chi connectivity index (χ4n) is 2.28. The Morgan fingerprint density at radius 3 is 2.05 bits per heavy atom. The van der Waals surface area contributed by atoms with Gasteiger partial charge in [0.1, 0.15) is 0 Å². The monoisotopic (exact) mass is 244 g/mol. The highest BCUT2D eigenvalue weighted by Gasteiger charge is 2.03. The third-order valence-electron chi connectivity index (χ3n) is 3.29. The summed E-state index contributed by atoms with van der Waals surface area (Å²) in [7, 11) is 0. The van der Waals surface area contributed by atoms with Crippen molar-refractivity contribution in [3.8, 4) is 0 Å². The highest BCUT2D eigenvalue weighted by atomic mass is 14.1. The molecule has 0 radical (unpaired) electrons. The molecule has 0 bridgehead atoms. The van der Waals surface area contributed by atoms with E-state index in [-0.39, 0.29) is 0 Å². The molecule has 0 amide bonds. The highest BCUT2D eigenvalue weighted by Crippen LogP contribution is 2.24. The lowest BCUT2D eigenvalue weighted by molar-refractivity contribution is 1.28. The number of hydrogen-bond acceptors (Lipinski definition) is 0. The normalized spacial score (nSPS) is 16.4. The molecule has 0 saturated heterocycles. The molecule has 0 aromatic heterocycles. The van der Waals surface area contributed by atoms with Gasteiger partial charge in [-0.25, -0.2) is 0 Å². The molecule has 0 nitrogen and oxygen atoms in total. The zero-order valence-corrected chi connectivity index (χ0v) is 10.8. The van der Waals surface area contributed by atoms with Gasteiger partial charge in [-0.05, 0) is 28.7 Å². The summed E-state index contributed by atoms with van der Waals surface area (Å²) in [6.07, 6.45) is 9.96. The van der Waals surface area contributed by atoms with Gasteiger partial charge in [-0.15, -0.1) is 0 Å². The number of allylic oxidation sites excluding steroid dienone is 5. The molecule has 0 atom stereocenters. The van der Waals surface area contributed by atoms with E-state index >= 15 is 0 Å². The van der Waals surface area contributed by atoms with Gasteiger partial charge in [0.15, 0.2) is 0 Å². The number of benzene rings is 2. The Morgan fingerprint density at radius 1 is 0.737 bits per heavy atom. The summed E-state index contributed by atoms with van der Waals surface area (Å²) in [4.78, 5) is 0. The summed E-state index contributed by atoms with van der Waals surface area (Å²) in [5.41, 5.74) is 5.22. The molecular weight excluding hydrogens is 228 g/mol. The summed E-state index contributed by atoms with van der Waals surface area (Å²) in [6, 6.07) is 21.0. The molecule has 0 fully saturated rings. The second kappa shape index (κ2) is 5.53. The Labute approximate surface area is 114 Å². The zero-order valence-electron chi connectivity index (χ0n) is 10.8. The second-order valence-electron chi connectivity index (χ2n) is 4.69. The van der Waals surface area contributed by atoms with Gasteiger partial charge >= 0.3 is 0 Å². The maximum atomic E-state index is 2.30. The van der Waals surface area contributed by atoms with Crippen molar-refractivity contribution in [3.05, 3.63) is 95.6 Å². The van der Waals surface area contributed by atoms with E-state index < -0.39 is 0 Å². The van der Waals surface area contributed by atoms with Crippen molar-refractivity contribution in [2.45, 2.75) is 6.42 Å². The van der Waals surface area contributed by atoms with Gasteiger partial charge in [-0.3, -0.25) is 0 Å². The van der Waals surface area contributed by atoms with Gasteiger partial charge in [-0.2, -0.15) is 0 Å². The quantitative estimate of drug-likeness (QED) is 0.688. The molecule has 2 aromatic carbocycles. The molecule has 1 aliphatic carbocycles. The van der Waals surface area contributed by atoms with Crippen molar-refractivity contribution < 1.29 is 0 Å². The van der Waals surface area contributed by atoms with Crippen LogP contribution in [0.15, 0.2) is 84.5 Å². The lowest BCUT2D eigenvalue weighted by Crippen LogP contribution is -1.88. The molecule has 3 rings (SSSR count). The highest BCUT2D eigenvalue weighted by molar-refractivity contribution is 5.77. The fourth-order valence-corrected chi connectivity index (χ4v) is 2.28. The molecule has 0 saturated carbocycles. The van der Waals surface area contributed by atoms with E-state index in [0.717, 1.165) is 6.42 Å². The standard InChI is InChI=1S/C19H16/c1-3-7-16(8-4-1)15-17-11-13-19(14-12-17)18-9-5-2-6-10-18/h1-11,13-15H,12H2. The first-order valence-corrected chi connectivity index (χ1v) is 6.61. The minimum atomic E-state index is 0.996.